The zero-order valence-corrected chi connectivity index (χ0v) is 29.4. The number of rotatable bonds is 14. The second kappa shape index (κ2) is 13.9. The maximum Gasteiger partial charge on any atom is 0.261 e. The van der Waals surface area contributed by atoms with E-state index in [1.807, 2.05) is 6.07 Å². The molecule has 248 valence electrons. The first-order valence-electron chi connectivity index (χ1n) is 16.7. The summed E-state index contributed by atoms with van der Waals surface area (Å²) in [5.74, 6) is 4.04. The van der Waals surface area contributed by atoms with Gasteiger partial charge < -0.3 is 5.32 Å². The van der Waals surface area contributed by atoms with E-state index in [0.717, 1.165) is 43.6 Å². The molecule has 0 saturated heterocycles. The molecule has 1 heterocycles. The van der Waals surface area contributed by atoms with Crippen molar-refractivity contribution < 1.29 is 13.2 Å². The number of carbonyl (C=O) groups is 1. The number of benzene rings is 2. The van der Waals surface area contributed by atoms with Crippen LogP contribution in [-0.2, 0) is 14.8 Å². The van der Waals surface area contributed by atoms with Gasteiger partial charge in [-0.1, -0.05) is 74.3 Å². The summed E-state index contributed by atoms with van der Waals surface area (Å²) in [5.41, 5.74) is 1.25. The third-order valence-corrected chi connectivity index (χ3v) is 12.8. The van der Waals surface area contributed by atoms with Gasteiger partial charge in [-0.15, -0.1) is 10.2 Å². The van der Waals surface area contributed by atoms with Crippen LogP contribution in [0.4, 0.5) is 5.69 Å². The summed E-state index contributed by atoms with van der Waals surface area (Å²) >= 11 is 7.63. The van der Waals surface area contributed by atoms with Crippen molar-refractivity contribution in [3.8, 4) is 11.4 Å². The van der Waals surface area contributed by atoms with Crippen molar-refractivity contribution in [1.29, 1.82) is 0 Å². The van der Waals surface area contributed by atoms with Crippen molar-refractivity contribution in [2.45, 2.75) is 94.7 Å². The largest absolute Gasteiger partial charge is 0.355 e. The van der Waals surface area contributed by atoms with E-state index in [9.17, 15) is 13.2 Å². The first-order valence-corrected chi connectivity index (χ1v) is 19.6. The number of aromatic nitrogens is 3. The van der Waals surface area contributed by atoms with Gasteiger partial charge in [0.15, 0.2) is 11.0 Å². The monoisotopic (exact) mass is 683 g/mol. The number of thioether (sulfide) groups is 1. The van der Waals surface area contributed by atoms with Gasteiger partial charge in [0.25, 0.3) is 10.0 Å². The Hall–Kier alpha value is -2.56. The lowest BCUT2D eigenvalue weighted by Crippen LogP contribution is -2.51. The van der Waals surface area contributed by atoms with E-state index in [0.29, 0.717) is 38.6 Å². The molecule has 0 aliphatic heterocycles. The molecule has 8 nitrogen and oxygen atoms in total. The fourth-order valence-electron chi connectivity index (χ4n) is 8.44. The van der Waals surface area contributed by atoms with Crippen LogP contribution in [0.2, 0.25) is 5.02 Å². The average molecular weight is 684 g/mol. The first kappa shape index (κ1) is 33.3. The van der Waals surface area contributed by atoms with Crippen LogP contribution in [0.3, 0.4) is 0 Å². The van der Waals surface area contributed by atoms with Gasteiger partial charge in [0.05, 0.1) is 21.4 Å². The summed E-state index contributed by atoms with van der Waals surface area (Å²) in [6.07, 6.45) is 11.0. The second-order valence-electron chi connectivity index (χ2n) is 14.4. The molecule has 4 bridgehead atoms. The Kier molecular flexibility index (Phi) is 10.1. The summed E-state index contributed by atoms with van der Waals surface area (Å²) in [5, 5.41) is 13.4. The lowest BCUT2D eigenvalue weighted by atomic mass is 9.49. The molecular formula is C35H46ClN5O3S2. The molecule has 7 rings (SSSR count). The molecule has 0 spiro atoms. The Morgan fingerprint density at radius 1 is 1.00 bits per heavy atom. The minimum Gasteiger partial charge on any atom is -0.355 e. The molecule has 3 aromatic rings. The van der Waals surface area contributed by atoms with Gasteiger partial charge in [-0.3, -0.25) is 14.1 Å². The number of hydrogen-bond acceptors (Lipinski definition) is 6. The van der Waals surface area contributed by atoms with Gasteiger partial charge in [0.1, 0.15) is 0 Å². The predicted molar refractivity (Wildman–Crippen MR) is 185 cm³/mol. The molecule has 46 heavy (non-hydrogen) atoms. The number of nitrogens with one attached hydrogen (secondary N) is 2. The molecular weight excluding hydrogens is 638 g/mol. The fourth-order valence-corrected chi connectivity index (χ4v) is 10.7. The number of carbonyl (C=O) groups excluding carboxylic acids is 1. The molecule has 0 unspecified atom stereocenters. The predicted octanol–water partition coefficient (Wildman–Crippen LogP) is 8.21. The fraction of sp³-hybridized carbons (Fsp3) is 0.571. The van der Waals surface area contributed by atoms with E-state index < -0.39 is 10.0 Å². The third kappa shape index (κ3) is 7.60. The van der Waals surface area contributed by atoms with Crippen LogP contribution in [0.25, 0.3) is 11.4 Å². The average Bonchev–Trinajstić information content (AvgIpc) is 3.43. The highest BCUT2D eigenvalue weighted by Gasteiger charge is 2.50. The van der Waals surface area contributed by atoms with Gasteiger partial charge in [-0.25, -0.2) is 8.42 Å². The Bertz CT molecular complexity index is 1620. The quantitative estimate of drug-likeness (QED) is 0.166. The van der Waals surface area contributed by atoms with E-state index in [-0.39, 0.29) is 22.6 Å². The molecule has 0 radical (unpaired) electrons. The summed E-state index contributed by atoms with van der Waals surface area (Å²) in [6, 6.07) is 13.5. The third-order valence-electron chi connectivity index (χ3n) is 10.2. The summed E-state index contributed by atoms with van der Waals surface area (Å²) in [4.78, 5) is 13.3. The molecule has 1 aromatic heterocycles. The summed E-state index contributed by atoms with van der Waals surface area (Å²) in [6.45, 7) is 7.37. The zero-order chi connectivity index (χ0) is 32.5. The molecule has 4 aliphatic carbocycles. The molecule has 4 fully saturated rings. The number of para-hydroxylation sites is 1. The van der Waals surface area contributed by atoms with Crippen molar-refractivity contribution >= 4 is 45.0 Å². The normalized spacial score (nSPS) is 24.3. The van der Waals surface area contributed by atoms with Crippen molar-refractivity contribution in [1.82, 2.24) is 20.1 Å². The van der Waals surface area contributed by atoms with Gasteiger partial charge in [0.2, 0.25) is 5.91 Å². The lowest BCUT2D eigenvalue weighted by molar-refractivity contribution is -0.120. The maximum atomic E-state index is 13.3. The first-order chi connectivity index (χ1) is 22.0. The van der Waals surface area contributed by atoms with Crippen molar-refractivity contribution in [2.75, 3.05) is 17.0 Å². The van der Waals surface area contributed by atoms with Gasteiger partial charge in [-0.2, -0.15) is 0 Å². The Morgan fingerprint density at radius 3 is 2.37 bits per heavy atom. The minimum absolute atomic E-state index is 0.0306. The SMILES string of the molecule is CC(C)CCC[C@H](C)n1c(SCC(=O)NCC23CC4CC(CC(C4)C2)C3)nnc1-c1cccc(S(=O)(=O)Nc2ccccc2Cl)c1. The van der Waals surface area contributed by atoms with Crippen LogP contribution in [0.15, 0.2) is 58.6 Å². The van der Waals surface area contributed by atoms with Crippen LogP contribution < -0.4 is 10.0 Å². The minimum atomic E-state index is -3.91. The molecule has 11 heteroatoms. The van der Waals surface area contributed by atoms with Crippen molar-refractivity contribution in [3.63, 3.8) is 0 Å². The van der Waals surface area contributed by atoms with Crippen LogP contribution in [-0.4, -0.2) is 41.4 Å². The molecule has 1 amide bonds. The van der Waals surface area contributed by atoms with Crippen LogP contribution in [0.1, 0.15) is 84.6 Å². The maximum absolute atomic E-state index is 13.3. The highest BCUT2D eigenvalue weighted by molar-refractivity contribution is 7.99. The van der Waals surface area contributed by atoms with E-state index in [2.05, 4.69) is 45.6 Å². The van der Waals surface area contributed by atoms with Crippen LogP contribution >= 0.6 is 23.4 Å². The highest BCUT2D eigenvalue weighted by Crippen LogP contribution is 2.59. The Labute approximate surface area is 282 Å². The second-order valence-corrected chi connectivity index (χ2v) is 17.5. The Balaban J connectivity index is 1.18. The molecule has 4 saturated carbocycles. The van der Waals surface area contributed by atoms with Gasteiger partial charge >= 0.3 is 0 Å². The van der Waals surface area contributed by atoms with E-state index in [4.69, 9.17) is 11.6 Å². The molecule has 4 aliphatic rings. The van der Waals surface area contributed by atoms with Gasteiger partial charge in [-0.05, 0) is 105 Å². The van der Waals surface area contributed by atoms with E-state index in [1.165, 1.54) is 50.3 Å². The van der Waals surface area contributed by atoms with Crippen molar-refractivity contribution in [2.24, 2.45) is 29.1 Å². The zero-order valence-electron chi connectivity index (χ0n) is 27.0. The number of amides is 1. The molecule has 2 N–H and O–H groups in total. The molecule has 1 atom stereocenters. The Morgan fingerprint density at radius 2 is 1.70 bits per heavy atom. The van der Waals surface area contributed by atoms with Crippen molar-refractivity contribution in [3.05, 3.63) is 53.6 Å². The molecule has 2 aromatic carbocycles. The van der Waals surface area contributed by atoms with Gasteiger partial charge in [0, 0.05) is 18.2 Å². The topological polar surface area (TPSA) is 106 Å². The standard InChI is InChI=1S/C35H46ClN5O3S2/c1-23(2)8-6-9-24(3)41-33(28-10-7-11-29(17-28)46(43,44)40-31-13-5-4-12-30(31)36)38-39-34(41)45-21-32(42)37-22-35-18-25-14-26(19-35)16-27(15-25)20-35/h4-5,7,10-13,17,23-27,40H,6,8-9,14-16,18-22H2,1-3H3,(H,37,42)/t24-,25?,26?,27?,35?/m0/s1. The highest BCUT2D eigenvalue weighted by atomic mass is 35.5. The number of anilines is 1. The number of hydrogen-bond donors (Lipinski definition) is 2. The van der Waals surface area contributed by atoms with E-state index in [1.54, 1.807) is 42.5 Å². The van der Waals surface area contributed by atoms with E-state index >= 15 is 0 Å². The van der Waals surface area contributed by atoms with Crippen LogP contribution in [0.5, 0.6) is 0 Å². The lowest BCUT2D eigenvalue weighted by Gasteiger charge is -2.56. The summed E-state index contributed by atoms with van der Waals surface area (Å²) < 4.78 is 31.4. The summed E-state index contributed by atoms with van der Waals surface area (Å²) in [7, 11) is -3.91. The number of nitrogens with zero attached hydrogens (tertiary/aromatic N) is 3. The van der Waals surface area contributed by atoms with Crippen LogP contribution in [0, 0.1) is 29.1 Å². The number of sulfonamides is 1. The number of halogens is 1. The smallest absolute Gasteiger partial charge is 0.261 e.